The first-order chi connectivity index (χ1) is 16.8. The third-order valence-electron chi connectivity index (χ3n) is 8.90. The van der Waals surface area contributed by atoms with Gasteiger partial charge in [-0.25, -0.2) is 0 Å². The zero-order valence-electron chi connectivity index (χ0n) is 19.8. The molecule has 2 fully saturated rings. The summed E-state index contributed by atoms with van der Waals surface area (Å²) in [5.74, 6) is -0.988. The van der Waals surface area contributed by atoms with E-state index in [1.807, 2.05) is 38.4 Å². The lowest BCUT2D eigenvalue weighted by atomic mass is 9.48. The summed E-state index contributed by atoms with van der Waals surface area (Å²) in [6.45, 7) is 2.51. The normalized spacial score (nSPS) is 30.9. The summed E-state index contributed by atoms with van der Waals surface area (Å²) in [6.07, 6.45) is 1.20. The first kappa shape index (κ1) is 21.8. The number of likely N-dealkylation sites (N-methyl/N-ethyl adjacent to an activating group) is 1. The van der Waals surface area contributed by atoms with Gasteiger partial charge in [-0.1, -0.05) is 18.2 Å². The van der Waals surface area contributed by atoms with Crippen LogP contribution in [0.15, 0.2) is 46.7 Å². The molecule has 178 valence electrons. The van der Waals surface area contributed by atoms with Gasteiger partial charge in [0, 0.05) is 29.8 Å². The van der Waals surface area contributed by atoms with Crippen molar-refractivity contribution in [3.05, 3.63) is 52.2 Å². The third kappa shape index (κ3) is 2.37. The van der Waals surface area contributed by atoms with Crippen LogP contribution in [0.25, 0.3) is 0 Å². The second kappa shape index (κ2) is 6.94. The molecule has 4 N–H and O–H groups in total. The van der Waals surface area contributed by atoms with Gasteiger partial charge in [-0.3, -0.25) is 10.2 Å². The van der Waals surface area contributed by atoms with Crippen molar-refractivity contribution >= 4 is 17.5 Å². The fourth-order valence-electron chi connectivity index (χ4n) is 7.18. The number of nitrogens with two attached hydrogens (primary N) is 1. The summed E-state index contributed by atoms with van der Waals surface area (Å²) in [6, 6.07) is 12.0. The highest BCUT2D eigenvalue weighted by molar-refractivity contribution is 6.11. The van der Waals surface area contributed by atoms with Crippen molar-refractivity contribution in [2.45, 2.75) is 18.4 Å². The van der Waals surface area contributed by atoms with Gasteiger partial charge in [0.15, 0.2) is 5.41 Å². The van der Waals surface area contributed by atoms with Gasteiger partial charge in [-0.15, -0.1) is 0 Å². The number of rotatable bonds is 0. The van der Waals surface area contributed by atoms with Crippen LogP contribution in [0, 0.1) is 44.8 Å². The zero-order chi connectivity index (χ0) is 24.8. The van der Waals surface area contributed by atoms with Crippen LogP contribution in [0.4, 0.5) is 5.69 Å². The number of amides is 1. The van der Waals surface area contributed by atoms with E-state index in [-0.39, 0.29) is 17.5 Å². The summed E-state index contributed by atoms with van der Waals surface area (Å²) in [7, 11) is 4.02. The Bertz CT molecular complexity index is 1320. The van der Waals surface area contributed by atoms with Crippen molar-refractivity contribution in [3.8, 4) is 12.1 Å². The Morgan fingerprint density at radius 3 is 2.54 bits per heavy atom. The Balaban J connectivity index is 1.68. The number of carbonyl (C=O) groups is 1. The first-order valence-electron chi connectivity index (χ1n) is 11.9. The van der Waals surface area contributed by atoms with Crippen molar-refractivity contribution < 1.29 is 9.53 Å². The van der Waals surface area contributed by atoms with Crippen molar-refractivity contribution in [1.29, 1.82) is 15.9 Å². The van der Waals surface area contributed by atoms with Crippen molar-refractivity contribution in [2.75, 3.05) is 45.6 Å². The number of piperidine rings is 1. The second-order valence-corrected chi connectivity index (χ2v) is 10.5. The number of hydrogen-bond acceptors (Lipinski definition) is 8. The van der Waals surface area contributed by atoms with E-state index >= 15 is 0 Å². The molecule has 0 aromatic heterocycles. The molecular formula is C26H27N7O2. The third-order valence-corrected chi connectivity index (χ3v) is 8.90. The zero-order valence-corrected chi connectivity index (χ0v) is 19.8. The number of nitrogens with one attached hydrogen (secondary N) is 2. The van der Waals surface area contributed by atoms with E-state index in [0.29, 0.717) is 42.8 Å². The molecule has 6 rings (SSSR count). The Hall–Kier alpha value is -3.66. The topological polar surface area (TPSA) is 142 Å². The maximum Gasteiger partial charge on any atom is 0.274 e. The SMILES string of the molecule is CN1CCC2(CC1)C1=C3C(=C(N)C2(C#N)C#N)C(=N)O[C@@]2(C(=O)Nc4ccccc42)[C@@H]3CN(C)C1. The van der Waals surface area contributed by atoms with Gasteiger partial charge in [0.25, 0.3) is 5.91 Å². The number of anilines is 1. The molecule has 4 aliphatic heterocycles. The van der Waals surface area contributed by atoms with Gasteiger partial charge < -0.3 is 25.6 Å². The number of para-hydroxylation sites is 1. The monoisotopic (exact) mass is 469 g/mol. The lowest BCUT2D eigenvalue weighted by molar-refractivity contribution is -0.138. The second-order valence-electron chi connectivity index (χ2n) is 10.5. The highest BCUT2D eigenvalue weighted by atomic mass is 16.5. The maximum atomic E-state index is 13.6. The highest BCUT2D eigenvalue weighted by Gasteiger charge is 2.68. The number of allylic oxidation sites excluding steroid dienone is 1. The number of hydrogen-bond donors (Lipinski definition) is 3. The Kier molecular flexibility index (Phi) is 4.33. The van der Waals surface area contributed by atoms with E-state index in [1.165, 1.54) is 0 Å². The molecule has 1 aromatic carbocycles. The van der Waals surface area contributed by atoms with Crippen LogP contribution >= 0.6 is 0 Å². The molecule has 4 heterocycles. The molecule has 9 heteroatoms. The first-order valence-corrected chi connectivity index (χ1v) is 11.9. The van der Waals surface area contributed by atoms with Crippen LogP contribution in [0.1, 0.15) is 18.4 Å². The molecule has 1 aromatic rings. The minimum absolute atomic E-state index is 0.0897. The Labute approximate surface area is 203 Å². The number of likely N-dealkylation sites (tertiary alicyclic amines) is 1. The van der Waals surface area contributed by atoms with Crippen LogP contribution in [0.2, 0.25) is 0 Å². The smallest absolute Gasteiger partial charge is 0.274 e. The number of benzene rings is 1. The maximum absolute atomic E-state index is 13.6. The lowest BCUT2D eigenvalue weighted by Crippen LogP contribution is -2.62. The van der Waals surface area contributed by atoms with Crippen molar-refractivity contribution in [2.24, 2.45) is 22.5 Å². The molecule has 1 aliphatic carbocycles. The average molecular weight is 470 g/mol. The van der Waals surface area contributed by atoms with Crippen LogP contribution in [-0.2, 0) is 15.1 Å². The fourth-order valence-corrected chi connectivity index (χ4v) is 7.18. The van der Waals surface area contributed by atoms with Crippen molar-refractivity contribution in [3.63, 3.8) is 0 Å². The van der Waals surface area contributed by atoms with Gasteiger partial charge >= 0.3 is 0 Å². The van der Waals surface area contributed by atoms with E-state index in [2.05, 4.69) is 27.3 Å². The predicted molar refractivity (Wildman–Crippen MR) is 128 cm³/mol. The number of carbonyl (C=O) groups excluding carboxylic acids is 1. The van der Waals surface area contributed by atoms with Crippen LogP contribution in [0.3, 0.4) is 0 Å². The molecule has 0 saturated carbocycles. The average Bonchev–Trinajstić information content (AvgIpc) is 3.12. The molecule has 9 nitrogen and oxygen atoms in total. The van der Waals surface area contributed by atoms with Crippen LogP contribution < -0.4 is 11.1 Å². The predicted octanol–water partition coefficient (Wildman–Crippen LogP) is 1.67. The molecule has 0 radical (unpaired) electrons. The molecule has 35 heavy (non-hydrogen) atoms. The minimum Gasteiger partial charge on any atom is -0.455 e. The lowest BCUT2D eigenvalue weighted by Gasteiger charge is -2.58. The summed E-state index contributed by atoms with van der Waals surface area (Å²) >= 11 is 0. The van der Waals surface area contributed by atoms with Gasteiger partial charge in [0.2, 0.25) is 11.5 Å². The van der Waals surface area contributed by atoms with E-state index in [0.717, 1.165) is 24.2 Å². The fraction of sp³-hybridized carbons (Fsp3) is 0.462. The number of fused-ring (bicyclic) bond motifs is 4. The van der Waals surface area contributed by atoms with E-state index in [1.54, 1.807) is 0 Å². The summed E-state index contributed by atoms with van der Waals surface area (Å²) in [5.41, 5.74) is 6.50. The molecule has 2 atom stereocenters. The largest absolute Gasteiger partial charge is 0.455 e. The number of ether oxygens (including phenoxy) is 1. The van der Waals surface area contributed by atoms with Crippen LogP contribution in [-0.4, -0.2) is 61.9 Å². The van der Waals surface area contributed by atoms with E-state index < -0.39 is 22.3 Å². The summed E-state index contributed by atoms with van der Waals surface area (Å²) < 4.78 is 6.27. The van der Waals surface area contributed by atoms with Gasteiger partial charge in [-0.05, 0) is 57.2 Å². The quantitative estimate of drug-likeness (QED) is 0.525. The summed E-state index contributed by atoms with van der Waals surface area (Å²) in [4.78, 5) is 18.0. The molecule has 2 saturated heterocycles. The Morgan fingerprint density at radius 2 is 1.86 bits per heavy atom. The molecule has 1 amide bonds. The molecule has 0 unspecified atom stereocenters. The molecule has 2 spiro atoms. The standard InChI is InChI=1S/C26H27N7O2/c1-32-9-7-24(8-10-32)16-11-33(2)12-17-19(16)20(21(29)25(24,13-27)14-28)22(30)35-26(17)15-5-3-4-6-18(15)31-23(26)34/h3-6,17,30H,7-12,29H2,1-2H3,(H,31,34)/t17-,26-/m1/s1. The molecule has 5 aliphatic rings. The van der Waals surface area contributed by atoms with Gasteiger partial charge in [0.1, 0.15) is 0 Å². The summed E-state index contributed by atoms with van der Waals surface area (Å²) in [5, 5.41) is 32.9. The van der Waals surface area contributed by atoms with Crippen LogP contribution in [0.5, 0.6) is 0 Å². The van der Waals surface area contributed by atoms with E-state index in [9.17, 15) is 15.3 Å². The van der Waals surface area contributed by atoms with Gasteiger partial charge in [-0.2, -0.15) is 10.5 Å². The highest BCUT2D eigenvalue weighted by Crippen LogP contribution is 2.64. The molecule has 0 bridgehead atoms. The van der Waals surface area contributed by atoms with Crippen molar-refractivity contribution in [1.82, 2.24) is 9.80 Å². The number of nitrogens with zero attached hydrogens (tertiary/aromatic N) is 4. The minimum atomic E-state index is -1.61. The van der Waals surface area contributed by atoms with E-state index in [4.69, 9.17) is 15.9 Å². The Morgan fingerprint density at radius 1 is 1.17 bits per heavy atom. The number of nitriles is 2. The van der Waals surface area contributed by atoms with Gasteiger partial charge in [0.05, 0.1) is 29.3 Å². The molecular weight excluding hydrogens is 442 g/mol.